The van der Waals surface area contributed by atoms with Crippen molar-refractivity contribution in [2.24, 2.45) is 50.5 Å². The Balaban J connectivity index is 1.21. The topological polar surface area (TPSA) is 139 Å². The molecular formula is C55H72N4O6. The fourth-order valence-electron chi connectivity index (χ4n) is 10.1. The fraction of sp³-hybridized carbons (Fsp3) is 0.527. The van der Waals surface area contributed by atoms with Gasteiger partial charge in [-0.3, -0.25) is 14.4 Å². The summed E-state index contributed by atoms with van der Waals surface area (Å²) in [4.78, 5) is 56.5. The molecule has 5 heterocycles. The highest BCUT2D eigenvalue weighted by molar-refractivity contribution is 6.42. The maximum Gasteiger partial charge on any atom is 0.321 e. The van der Waals surface area contributed by atoms with Crippen molar-refractivity contribution in [1.29, 1.82) is 0 Å². The zero-order chi connectivity index (χ0) is 47.1. The van der Waals surface area contributed by atoms with Crippen LogP contribution in [0.2, 0.25) is 0 Å². The van der Waals surface area contributed by atoms with Gasteiger partial charge >= 0.3 is 11.9 Å². The molecule has 0 amide bonds. The van der Waals surface area contributed by atoms with Gasteiger partial charge in [-0.1, -0.05) is 105 Å². The molecule has 348 valence electrons. The molecule has 1 aliphatic carbocycles. The van der Waals surface area contributed by atoms with Crippen LogP contribution in [0.5, 0.6) is 0 Å². The van der Waals surface area contributed by atoms with Crippen LogP contribution in [0.25, 0.3) is 0 Å². The molecule has 0 radical (unpaired) electrons. The molecule has 0 aromatic heterocycles. The third kappa shape index (κ3) is 10.8. The van der Waals surface area contributed by atoms with Gasteiger partial charge in [-0.25, -0.2) is 15.0 Å². The molecule has 5 atom stereocenters. The highest BCUT2D eigenvalue weighted by Crippen LogP contribution is 2.47. The minimum absolute atomic E-state index is 0.139. The number of allylic oxidation sites excluding steroid dienone is 12. The number of rotatable bonds is 20. The van der Waals surface area contributed by atoms with E-state index in [2.05, 4.69) is 53.4 Å². The molecule has 2 fully saturated rings. The van der Waals surface area contributed by atoms with E-state index in [0.717, 1.165) is 53.4 Å². The molecule has 65 heavy (non-hydrogen) atoms. The molecular weight excluding hydrogens is 813 g/mol. The molecule has 1 saturated carbocycles. The van der Waals surface area contributed by atoms with Crippen LogP contribution in [0.1, 0.15) is 139 Å². The van der Waals surface area contributed by atoms with Gasteiger partial charge in [-0.2, -0.15) is 0 Å². The molecule has 2 N–H and O–H groups in total. The predicted octanol–water partition coefficient (Wildman–Crippen LogP) is 12.1. The number of nitrogens with zero attached hydrogens (tertiary/aromatic N) is 3. The number of hydrogen-bond acceptors (Lipinski definition) is 10. The number of aliphatic imine (C=N–C) groups is 3. The van der Waals surface area contributed by atoms with Gasteiger partial charge in [0.25, 0.3) is 0 Å². The maximum atomic E-state index is 14.4. The number of ketones is 1. The number of fused-ring (bicyclic) bond motifs is 5. The molecule has 1 saturated heterocycles. The van der Waals surface area contributed by atoms with E-state index in [1.807, 2.05) is 45.1 Å². The summed E-state index contributed by atoms with van der Waals surface area (Å²) in [5, 5.41) is 14.1. The summed E-state index contributed by atoms with van der Waals surface area (Å²) in [6, 6.07) is 0. The second kappa shape index (κ2) is 21.7. The average Bonchev–Trinajstić information content (AvgIpc) is 4.02. The number of ether oxygens (including phenoxy) is 2. The number of aliphatic hydroxyl groups is 1. The van der Waals surface area contributed by atoms with Gasteiger partial charge in [0.05, 0.1) is 47.6 Å². The van der Waals surface area contributed by atoms with Crippen LogP contribution in [0.15, 0.2) is 131 Å². The van der Waals surface area contributed by atoms with Gasteiger partial charge in [0.1, 0.15) is 12.5 Å². The number of aliphatic hydroxyl groups excluding tert-OH is 1. The summed E-state index contributed by atoms with van der Waals surface area (Å²) in [5.41, 5.74) is 10.9. The Hall–Kier alpha value is -5.38. The second-order valence-electron chi connectivity index (χ2n) is 19.4. The lowest BCUT2D eigenvalue weighted by atomic mass is 9.85. The zero-order valence-electron chi connectivity index (χ0n) is 40.7. The number of Topliss-reactive ketones (excluding diaryl/α,β-unsaturated/α-hetero) is 1. The summed E-state index contributed by atoms with van der Waals surface area (Å²) in [7, 11) is 1.29. The van der Waals surface area contributed by atoms with Gasteiger partial charge in [0.15, 0.2) is 5.78 Å². The Morgan fingerprint density at radius 2 is 1.60 bits per heavy atom. The summed E-state index contributed by atoms with van der Waals surface area (Å²) in [6.07, 6.45) is 22.9. The second-order valence-corrected chi connectivity index (χ2v) is 19.4. The zero-order valence-corrected chi connectivity index (χ0v) is 40.7. The lowest BCUT2D eigenvalue weighted by molar-refractivity contribution is -0.146. The van der Waals surface area contributed by atoms with Crippen LogP contribution in [-0.2, 0) is 23.9 Å². The molecule has 0 unspecified atom stereocenters. The van der Waals surface area contributed by atoms with Crippen LogP contribution in [0.4, 0.5) is 0 Å². The first-order chi connectivity index (χ1) is 31.1. The Bertz CT molecular complexity index is 2350. The van der Waals surface area contributed by atoms with E-state index in [-0.39, 0.29) is 36.6 Å². The molecule has 6 rings (SSSR count). The molecule has 10 nitrogen and oxygen atoms in total. The van der Waals surface area contributed by atoms with Crippen molar-refractivity contribution in [2.75, 3.05) is 13.7 Å². The van der Waals surface area contributed by atoms with Crippen LogP contribution in [0.3, 0.4) is 0 Å². The molecule has 0 aromatic rings. The Morgan fingerprint density at radius 1 is 0.908 bits per heavy atom. The van der Waals surface area contributed by atoms with Gasteiger partial charge < -0.3 is 19.9 Å². The molecule has 10 heteroatoms. The van der Waals surface area contributed by atoms with E-state index in [1.54, 1.807) is 6.08 Å². The molecule has 6 aliphatic rings. The smallest absolute Gasteiger partial charge is 0.321 e. The number of carbonyl (C=O) groups is 3. The van der Waals surface area contributed by atoms with Crippen molar-refractivity contribution in [3.63, 3.8) is 0 Å². The summed E-state index contributed by atoms with van der Waals surface area (Å²) < 4.78 is 11.0. The average molecular weight is 885 g/mol. The summed E-state index contributed by atoms with van der Waals surface area (Å²) in [6.45, 7) is 23.7. The van der Waals surface area contributed by atoms with Crippen molar-refractivity contribution in [3.05, 3.63) is 116 Å². The number of hydrogen-bond donors (Lipinski definition) is 2. The van der Waals surface area contributed by atoms with Crippen LogP contribution >= 0.6 is 0 Å². The Kier molecular flexibility index (Phi) is 16.4. The van der Waals surface area contributed by atoms with Crippen molar-refractivity contribution < 1.29 is 29.0 Å². The van der Waals surface area contributed by atoms with Gasteiger partial charge in [-0.05, 0) is 105 Å². The molecule has 8 bridgehead atoms. The van der Waals surface area contributed by atoms with Gasteiger partial charge in [0, 0.05) is 51.9 Å². The number of esters is 2. The fourth-order valence-corrected chi connectivity index (χ4v) is 10.1. The maximum absolute atomic E-state index is 14.4. The molecule has 0 aromatic carbocycles. The minimum Gasteiger partial charge on any atom is -0.515 e. The van der Waals surface area contributed by atoms with Gasteiger partial charge in [0.2, 0.25) is 0 Å². The van der Waals surface area contributed by atoms with Crippen LogP contribution in [-0.4, -0.2) is 53.7 Å². The quantitative estimate of drug-likeness (QED) is 0.0537. The van der Waals surface area contributed by atoms with Gasteiger partial charge in [-0.15, -0.1) is 0 Å². The van der Waals surface area contributed by atoms with E-state index in [0.29, 0.717) is 81.0 Å². The normalized spacial score (nSPS) is 23.2. The van der Waals surface area contributed by atoms with E-state index >= 15 is 0 Å². The van der Waals surface area contributed by atoms with Crippen molar-refractivity contribution in [1.82, 2.24) is 5.32 Å². The number of nitrogens with one attached hydrogen (secondary N) is 1. The Labute approximate surface area is 387 Å². The largest absolute Gasteiger partial charge is 0.515 e. The van der Waals surface area contributed by atoms with E-state index in [1.165, 1.54) is 57.6 Å². The SMILES string of the molecule is C=CC1=C(C)C2=NC1=CC1=NC(=C(CC)/C1=C\O)C=C1N=C3C(=C1C)C(=O)[C@@H](C(=O)OC)C3=C1NC(=C2)[C@@H](C)[C@@H]1CCC(=O)OC/C=C(\C)CCC[C@H](C)CCC[C@H](C)CCCC(C)C. The minimum atomic E-state index is -1.23. The van der Waals surface area contributed by atoms with E-state index in [4.69, 9.17) is 24.5 Å². The van der Waals surface area contributed by atoms with Crippen molar-refractivity contribution >= 4 is 34.9 Å². The number of methoxy groups -OCH3 is 1. The predicted molar refractivity (Wildman–Crippen MR) is 262 cm³/mol. The van der Waals surface area contributed by atoms with E-state index in [9.17, 15) is 19.5 Å². The monoisotopic (exact) mass is 885 g/mol. The van der Waals surface area contributed by atoms with Crippen LogP contribution < -0.4 is 5.32 Å². The highest BCUT2D eigenvalue weighted by Gasteiger charge is 2.52. The summed E-state index contributed by atoms with van der Waals surface area (Å²) in [5.74, 6) is -0.732. The molecule has 5 aliphatic heterocycles. The van der Waals surface area contributed by atoms with Crippen molar-refractivity contribution in [3.8, 4) is 0 Å². The first kappa shape index (κ1) is 49.1. The third-order valence-corrected chi connectivity index (χ3v) is 14.2. The lowest BCUT2D eigenvalue weighted by Gasteiger charge is -2.19. The Morgan fingerprint density at radius 3 is 2.25 bits per heavy atom. The molecule has 0 spiro atoms. The lowest BCUT2D eigenvalue weighted by Crippen LogP contribution is -2.26. The van der Waals surface area contributed by atoms with Crippen molar-refractivity contribution in [2.45, 2.75) is 139 Å². The third-order valence-electron chi connectivity index (χ3n) is 14.2. The standard InChI is InChI=1S/C55H72N4O6/c1-12-38-35(8)42-27-43-36(9)40(23-24-48(61)65-26-25-34(7)22-16-21-33(6)20-15-19-32(5)18-14-17-31(3)4)52(58-43)50-51(55(63)64-11)54(62)49-37(10)44(59-53(49)50)28-46-39(13-2)41(30-60)47(57-46)29-45(38)56-42/h12,25,27-33,36,40,51,58,60H,1,13-24,26H2,2-11H3/b34-25+,41-30+,43-27?,44-28?,45-29?,52-50?/t32-,33-,36+,40+,51+/m1/s1. The number of carbonyl (C=O) groups excluding carboxylic acids is 3. The van der Waals surface area contributed by atoms with E-state index < -0.39 is 11.9 Å². The first-order valence-electron chi connectivity index (χ1n) is 24.1. The van der Waals surface area contributed by atoms with Crippen LogP contribution in [0, 0.1) is 35.5 Å². The summed E-state index contributed by atoms with van der Waals surface area (Å²) >= 11 is 0. The first-order valence-corrected chi connectivity index (χ1v) is 24.1. The highest BCUT2D eigenvalue weighted by atomic mass is 16.5.